The molecule has 1 amide bonds. The molecule has 0 radical (unpaired) electrons. The lowest BCUT2D eigenvalue weighted by atomic mass is 9.54. The van der Waals surface area contributed by atoms with E-state index in [1.54, 1.807) is 0 Å². The van der Waals surface area contributed by atoms with E-state index in [0.29, 0.717) is 19.1 Å². The van der Waals surface area contributed by atoms with E-state index in [0.717, 1.165) is 19.6 Å². The molecule has 0 bridgehead atoms. The summed E-state index contributed by atoms with van der Waals surface area (Å²) in [6.45, 7) is 11.4. The number of hydrogen-bond donors (Lipinski definition) is 1. The normalized spacial score (nSPS) is 37.6. The van der Waals surface area contributed by atoms with Crippen LogP contribution in [0.4, 0.5) is 0 Å². The van der Waals surface area contributed by atoms with Crippen LogP contribution in [0.3, 0.4) is 0 Å². The molecule has 5 nitrogen and oxygen atoms in total. The third kappa shape index (κ3) is 2.26. The van der Waals surface area contributed by atoms with Gasteiger partial charge in [-0.3, -0.25) is 4.79 Å². The standard InChI is InChI=1S/C15H29N3O2/c1-6-20-12-9-15(16,14(12,3)4)13(19)18-8-7-17(5)11(2)10-18/h11-12H,6-10,16H2,1-5H3. The minimum absolute atomic E-state index is 0.0892. The third-order valence-electron chi connectivity index (χ3n) is 5.46. The Hall–Kier alpha value is -0.650. The topological polar surface area (TPSA) is 58.8 Å². The zero-order chi connectivity index (χ0) is 15.1. The largest absolute Gasteiger partial charge is 0.378 e. The van der Waals surface area contributed by atoms with E-state index < -0.39 is 5.54 Å². The van der Waals surface area contributed by atoms with E-state index in [9.17, 15) is 4.79 Å². The summed E-state index contributed by atoms with van der Waals surface area (Å²) in [5.74, 6) is 0.0957. The van der Waals surface area contributed by atoms with Gasteiger partial charge >= 0.3 is 0 Å². The molecule has 1 heterocycles. The highest BCUT2D eigenvalue weighted by Gasteiger charge is 2.63. The van der Waals surface area contributed by atoms with Crippen molar-refractivity contribution in [3.63, 3.8) is 0 Å². The molecule has 2 rings (SSSR count). The molecule has 1 saturated heterocycles. The van der Waals surface area contributed by atoms with Crippen LogP contribution in [0.5, 0.6) is 0 Å². The number of likely N-dealkylation sites (N-methyl/N-ethyl adjacent to an activating group) is 1. The van der Waals surface area contributed by atoms with Crippen LogP contribution in [0, 0.1) is 5.41 Å². The van der Waals surface area contributed by atoms with Gasteiger partial charge in [-0.2, -0.15) is 0 Å². The second kappa shape index (κ2) is 5.28. The van der Waals surface area contributed by atoms with Crippen LogP contribution in [0.25, 0.3) is 0 Å². The average molecular weight is 283 g/mol. The summed E-state index contributed by atoms with van der Waals surface area (Å²) < 4.78 is 5.71. The van der Waals surface area contributed by atoms with Crippen molar-refractivity contribution in [2.45, 2.75) is 51.8 Å². The predicted octanol–water partition coefficient (Wildman–Crippen LogP) is 0.681. The van der Waals surface area contributed by atoms with Crippen LogP contribution in [-0.4, -0.2) is 66.7 Å². The van der Waals surface area contributed by atoms with Crippen molar-refractivity contribution in [1.82, 2.24) is 9.80 Å². The Bertz CT molecular complexity index is 385. The molecule has 0 aromatic rings. The number of hydrogen-bond acceptors (Lipinski definition) is 4. The van der Waals surface area contributed by atoms with Crippen molar-refractivity contribution >= 4 is 5.91 Å². The second-order valence-corrected chi connectivity index (χ2v) is 6.92. The Morgan fingerprint density at radius 1 is 1.40 bits per heavy atom. The lowest BCUT2D eigenvalue weighted by Gasteiger charge is -2.59. The molecule has 0 aromatic carbocycles. The van der Waals surface area contributed by atoms with Gasteiger partial charge in [-0.15, -0.1) is 0 Å². The molecule has 116 valence electrons. The van der Waals surface area contributed by atoms with Crippen molar-refractivity contribution in [3.8, 4) is 0 Å². The number of carbonyl (C=O) groups excluding carboxylic acids is 1. The summed E-state index contributed by atoms with van der Waals surface area (Å²) in [5, 5.41) is 0. The van der Waals surface area contributed by atoms with E-state index in [-0.39, 0.29) is 17.4 Å². The highest BCUT2D eigenvalue weighted by atomic mass is 16.5. The first-order valence-corrected chi connectivity index (χ1v) is 7.64. The van der Waals surface area contributed by atoms with Gasteiger partial charge in [-0.1, -0.05) is 13.8 Å². The lowest BCUT2D eigenvalue weighted by molar-refractivity contribution is -0.181. The molecule has 20 heavy (non-hydrogen) atoms. The van der Waals surface area contributed by atoms with Crippen LogP contribution in [-0.2, 0) is 9.53 Å². The highest BCUT2D eigenvalue weighted by Crippen LogP contribution is 2.50. The maximum Gasteiger partial charge on any atom is 0.243 e. The molecule has 2 N–H and O–H groups in total. The molecule has 1 aliphatic heterocycles. The molecule has 0 spiro atoms. The fourth-order valence-electron chi connectivity index (χ4n) is 3.31. The first kappa shape index (κ1) is 15.7. The molecule has 1 saturated carbocycles. The molecular formula is C15H29N3O2. The Kier molecular flexibility index (Phi) is 4.15. The lowest BCUT2D eigenvalue weighted by Crippen LogP contribution is -2.76. The number of nitrogens with zero attached hydrogens (tertiary/aromatic N) is 2. The zero-order valence-electron chi connectivity index (χ0n) is 13.5. The summed E-state index contributed by atoms with van der Waals surface area (Å²) in [6, 6.07) is 0.391. The quantitative estimate of drug-likeness (QED) is 0.827. The first-order valence-electron chi connectivity index (χ1n) is 7.64. The number of amides is 1. The zero-order valence-corrected chi connectivity index (χ0v) is 13.5. The van der Waals surface area contributed by atoms with Gasteiger partial charge in [0.05, 0.1) is 6.10 Å². The SMILES string of the molecule is CCOC1CC(N)(C(=O)N2CCN(C)C(C)C2)C1(C)C. The fraction of sp³-hybridized carbons (Fsp3) is 0.933. The van der Waals surface area contributed by atoms with E-state index >= 15 is 0 Å². The Balaban J connectivity index is 2.06. The van der Waals surface area contributed by atoms with Crippen molar-refractivity contribution in [2.75, 3.05) is 33.3 Å². The molecular weight excluding hydrogens is 254 g/mol. The van der Waals surface area contributed by atoms with E-state index in [4.69, 9.17) is 10.5 Å². The summed E-state index contributed by atoms with van der Waals surface area (Å²) >= 11 is 0. The van der Waals surface area contributed by atoms with Crippen molar-refractivity contribution in [1.29, 1.82) is 0 Å². The Morgan fingerprint density at radius 3 is 2.55 bits per heavy atom. The summed E-state index contributed by atoms with van der Waals surface area (Å²) in [5.41, 5.74) is 5.40. The monoisotopic (exact) mass is 283 g/mol. The predicted molar refractivity (Wildman–Crippen MR) is 79.4 cm³/mol. The minimum Gasteiger partial charge on any atom is -0.378 e. The van der Waals surface area contributed by atoms with Gasteiger partial charge in [0, 0.05) is 44.1 Å². The molecule has 1 aliphatic carbocycles. The van der Waals surface area contributed by atoms with Gasteiger partial charge in [0.1, 0.15) is 5.54 Å². The second-order valence-electron chi connectivity index (χ2n) is 6.92. The summed E-state index contributed by atoms with van der Waals surface area (Å²) in [6.07, 6.45) is 0.722. The van der Waals surface area contributed by atoms with Gasteiger partial charge in [-0.25, -0.2) is 0 Å². The van der Waals surface area contributed by atoms with Gasteiger partial charge in [-0.05, 0) is 20.9 Å². The molecule has 5 heteroatoms. The van der Waals surface area contributed by atoms with Crippen LogP contribution in [0.15, 0.2) is 0 Å². The van der Waals surface area contributed by atoms with Crippen molar-refractivity contribution in [2.24, 2.45) is 11.1 Å². The molecule has 2 aliphatic rings. The van der Waals surface area contributed by atoms with Gasteiger partial charge < -0.3 is 20.3 Å². The molecule has 3 unspecified atom stereocenters. The van der Waals surface area contributed by atoms with Crippen LogP contribution in [0.1, 0.15) is 34.1 Å². The third-order valence-corrected chi connectivity index (χ3v) is 5.46. The Morgan fingerprint density at radius 2 is 2.05 bits per heavy atom. The molecule has 2 fully saturated rings. The number of nitrogens with two attached hydrogens (primary N) is 1. The average Bonchev–Trinajstić information content (AvgIpc) is 2.40. The smallest absolute Gasteiger partial charge is 0.243 e. The van der Waals surface area contributed by atoms with Gasteiger partial charge in [0.25, 0.3) is 0 Å². The molecule has 0 aromatic heterocycles. The fourth-order valence-corrected chi connectivity index (χ4v) is 3.31. The minimum atomic E-state index is -0.775. The van der Waals surface area contributed by atoms with Crippen LogP contribution in [0.2, 0.25) is 0 Å². The first-order chi connectivity index (χ1) is 9.24. The summed E-state index contributed by atoms with van der Waals surface area (Å²) in [7, 11) is 2.10. The number of ether oxygens (including phenoxy) is 1. The van der Waals surface area contributed by atoms with Gasteiger partial charge in [0.15, 0.2) is 0 Å². The summed E-state index contributed by atoms with van der Waals surface area (Å²) in [4.78, 5) is 17.1. The van der Waals surface area contributed by atoms with Crippen molar-refractivity contribution < 1.29 is 9.53 Å². The number of carbonyl (C=O) groups is 1. The van der Waals surface area contributed by atoms with Gasteiger partial charge in [0.2, 0.25) is 5.91 Å². The van der Waals surface area contributed by atoms with Crippen LogP contribution >= 0.6 is 0 Å². The maximum absolute atomic E-state index is 12.8. The number of rotatable bonds is 3. The van der Waals surface area contributed by atoms with E-state index in [1.165, 1.54) is 0 Å². The van der Waals surface area contributed by atoms with Crippen LogP contribution < -0.4 is 5.73 Å². The maximum atomic E-state index is 12.8. The Labute approximate surface area is 122 Å². The van der Waals surface area contributed by atoms with E-state index in [2.05, 4.69) is 18.9 Å². The molecule has 3 atom stereocenters. The number of piperazine rings is 1. The highest BCUT2D eigenvalue weighted by molar-refractivity contribution is 5.89. The van der Waals surface area contributed by atoms with Crippen molar-refractivity contribution in [3.05, 3.63) is 0 Å². The van der Waals surface area contributed by atoms with E-state index in [1.807, 2.05) is 25.7 Å².